The van der Waals surface area contributed by atoms with Gasteiger partial charge in [0.25, 0.3) is 0 Å². The molecule has 0 aliphatic rings. The molecule has 0 fully saturated rings. The molecule has 0 atom stereocenters. The second kappa shape index (κ2) is 5.99. The minimum absolute atomic E-state index is 0.0174. The highest BCUT2D eigenvalue weighted by Crippen LogP contribution is 2.18. The molecule has 5 nitrogen and oxygen atoms in total. The molecule has 1 aromatic heterocycles. The number of likely N-dealkylation sites (N-methyl/N-ethyl adjacent to an activating group) is 2. The van der Waals surface area contributed by atoms with Crippen molar-refractivity contribution in [3.8, 4) is 0 Å². The van der Waals surface area contributed by atoms with E-state index in [0.29, 0.717) is 17.4 Å². The van der Waals surface area contributed by atoms with E-state index in [1.54, 1.807) is 7.05 Å². The minimum atomic E-state index is -0.0174. The summed E-state index contributed by atoms with van der Waals surface area (Å²) in [6, 6.07) is 0. The number of hydrogen-bond acceptors (Lipinski definition) is 5. The zero-order valence-electron chi connectivity index (χ0n) is 8.66. The highest BCUT2D eigenvalue weighted by molar-refractivity contribution is 7.10. The van der Waals surface area contributed by atoms with Gasteiger partial charge in [-0.05, 0) is 6.54 Å². The Morgan fingerprint density at radius 3 is 2.87 bits per heavy atom. The van der Waals surface area contributed by atoms with Crippen molar-refractivity contribution in [1.82, 2.24) is 19.8 Å². The summed E-state index contributed by atoms with van der Waals surface area (Å²) in [5.41, 5.74) is 0.729. The molecule has 7 heteroatoms. The summed E-state index contributed by atoms with van der Waals surface area (Å²) in [5, 5.41) is 6.48. The Labute approximate surface area is 97.6 Å². The van der Waals surface area contributed by atoms with Crippen molar-refractivity contribution in [1.29, 1.82) is 0 Å². The molecular formula is C8H13ClN4OS. The third-order valence-electron chi connectivity index (χ3n) is 1.98. The molecule has 84 valence electrons. The van der Waals surface area contributed by atoms with Gasteiger partial charge in [-0.1, -0.05) is 23.0 Å². The van der Waals surface area contributed by atoms with Crippen LogP contribution in [0.5, 0.6) is 0 Å². The standard InChI is InChI=1S/C8H13ClN4OS/c1-3-13(5-7(14)10-2)4-6-8(9)15-12-11-6/h3-5H2,1-2H3,(H,10,14). The van der Waals surface area contributed by atoms with E-state index in [1.807, 2.05) is 11.8 Å². The summed E-state index contributed by atoms with van der Waals surface area (Å²) in [6.07, 6.45) is 0. The van der Waals surface area contributed by atoms with Crippen molar-refractivity contribution in [2.45, 2.75) is 13.5 Å². The first-order chi connectivity index (χ1) is 7.17. The maximum absolute atomic E-state index is 11.2. The third-order valence-corrected chi connectivity index (χ3v) is 2.96. The largest absolute Gasteiger partial charge is 0.358 e. The number of amides is 1. The molecule has 1 N–H and O–H groups in total. The Morgan fingerprint density at radius 1 is 1.67 bits per heavy atom. The van der Waals surface area contributed by atoms with Gasteiger partial charge in [0.05, 0.1) is 6.54 Å². The van der Waals surface area contributed by atoms with Gasteiger partial charge in [0, 0.05) is 25.1 Å². The molecule has 1 rings (SSSR count). The van der Waals surface area contributed by atoms with Crippen LogP contribution in [0, 0.1) is 0 Å². The fourth-order valence-electron chi connectivity index (χ4n) is 1.06. The fraction of sp³-hybridized carbons (Fsp3) is 0.625. The quantitative estimate of drug-likeness (QED) is 0.836. The van der Waals surface area contributed by atoms with Gasteiger partial charge in [-0.3, -0.25) is 9.69 Å². The number of rotatable bonds is 5. The Bertz CT molecular complexity index is 330. The summed E-state index contributed by atoms with van der Waals surface area (Å²) in [7, 11) is 1.62. The van der Waals surface area contributed by atoms with Gasteiger partial charge in [0.15, 0.2) is 0 Å². The lowest BCUT2D eigenvalue weighted by Gasteiger charge is -2.17. The first-order valence-corrected chi connectivity index (χ1v) is 5.72. The first kappa shape index (κ1) is 12.4. The van der Waals surface area contributed by atoms with E-state index < -0.39 is 0 Å². The van der Waals surface area contributed by atoms with Crippen LogP contribution in [0.2, 0.25) is 4.34 Å². The molecule has 1 amide bonds. The van der Waals surface area contributed by atoms with Gasteiger partial charge < -0.3 is 5.32 Å². The van der Waals surface area contributed by atoms with Crippen LogP contribution in [0.3, 0.4) is 0 Å². The van der Waals surface area contributed by atoms with Crippen LogP contribution in [-0.4, -0.2) is 40.5 Å². The molecular weight excluding hydrogens is 236 g/mol. The summed E-state index contributed by atoms with van der Waals surface area (Å²) in [6.45, 7) is 3.65. The van der Waals surface area contributed by atoms with E-state index in [2.05, 4.69) is 14.9 Å². The lowest BCUT2D eigenvalue weighted by atomic mass is 10.4. The van der Waals surface area contributed by atoms with Crippen LogP contribution in [0.1, 0.15) is 12.6 Å². The predicted octanol–water partition coefficient (Wildman–Crippen LogP) is 0.759. The summed E-state index contributed by atoms with van der Waals surface area (Å²) in [4.78, 5) is 13.1. The number of halogens is 1. The lowest BCUT2D eigenvalue weighted by Crippen LogP contribution is -2.35. The van der Waals surface area contributed by atoms with Gasteiger partial charge >= 0.3 is 0 Å². The van der Waals surface area contributed by atoms with Crippen LogP contribution in [-0.2, 0) is 11.3 Å². The molecule has 0 aliphatic carbocycles. The first-order valence-electron chi connectivity index (χ1n) is 4.57. The summed E-state index contributed by atoms with van der Waals surface area (Å²) >= 11 is 7.04. The molecule has 0 unspecified atom stereocenters. The highest BCUT2D eigenvalue weighted by Gasteiger charge is 2.12. The molecule has 0 radical (unpaired) electrons. The van der Waals surface area contributed by atoms with E-state index in [9.17, 15) is 4.79 Å². The predicted molar refractivity (Wildman–Crippen MR) is 59.9 cm³/mol. The van der Waals surface area contributed by atoms with Crippen LogP contribution >= 0.6 is 23.1 Å². The molecule has 15 heavy (non-hydrogen) atoms. The molecule has 1 aromatic rings. The van der Waals surface area contributed by atoms with E-state index >= 15 is 0 Å². The van der Waals surface area contributed by atoms with Crippen LogP contribution < -0.4 is 5.32 Å². The molecule has 0 aliphatic heterocycles. The molecule has 0 bridgehead atoms. The van der Waals surface area contributed by atoms with Crippen molar-refractivity contribution in [2.75, 3.05) is 20.1 Å². The summed E-state index contributed by atoms with van der Waals surface area (Å²) < 4.78 is 4.33. The fourth-order valence-corrected chi connectivity index (χ4v) is 1.68. The number of carbonyl (C=O) groups excluding carboxylic acids is 1. The van der Waals surface area contributed by atoms with Crippen LogP contribution in [0.4, 0.5) is 0 Å². The van der Waals surface area contributed by atoms with Gasteiger partial charge in [0.1, 0.15) is 10.0 Å². The molecule has 0 spiro atoms. The summed E-state index contributed by atoms with van der Waals surface area (Å²) in [5.74, 6) is -0.0174. The van der Waals surface area contributed by atoms with Gasteiger partial charge in [-0.2, -0.15) is 0 Å². The maximum atomic E-state index is 11.2. The van der Waals surface area contributed by atoms with Crippen molar-refractivity contribution < 1.29 is 4.79 Å². The van der Waals surface area contributed by atoms with Gasteiger partial charge in [-0.25, -0.2) is 0 Å². The van der Waals surface area contributed by atoms with Crippen molar-refractivity contribution in [2.24, 2.45) is 0 Å². The van der Waals surface area contributed by atoms with Crippen molar-refractivity contribution in [3.05, 3.63) is 10.0 Å². The Kier molecular flexibility index (Phi) is 4.93. The third kappa shape index (κ3) is 3.73. The normalized spacial score (nSPS) is 10.7. The van der Waals surface area contributed by atoms with E-state index in [1.165, 1.54) is 0 Å². The average Bonchev–Trinajstić information content (AvgIpc) is 2.63. The van der Waals surface area contributed by atoms with Gasteiger partial charge in [-0.15, -0.1) is 5.10 Å². The second-order valence-corrected chi connectivity index (χ2v) is 4.33. The Hall–Kier alpha value is -0.720. The number of hydrogen-bond donors (Lipinski definition) is 1. The number of nitrogens with one attached hydrogen (secondary N) is 1. The van der Waals surface area contributed by atoms with Gasteiger partial charge in [0.2, 0.25) is 5.91 Å². The number of carbonyl (C=O) groups is 1. The van der Waals surface area contributed by atoms with E-state index in [0.717, 1.165) is 23.8 Å². The highest BCUT2D eigenvalue weighted by atomic mass is 35.5. The Morgan fingerprint density at radius 2 is 2.40 bits per heavy atom. The van der Waals surface area contributed by atoms with Crippen LogP contribution in [0.25, 0.3) is 0 Å². The molecule has 0 saturated heterocycles. The zero-order valence-corrected chi connectivity index (χ0v) is 10.2. The second-order valence-electron chi connectivity index (χ2n) is 2.97. The Balaban J connectivity index is 2.54. The van der Waals surface area contributed by atoms with Crippen LogP contribution in [0.15, 0.2) is 0 Å². The lowest BCUT2D eigenvalue weighted by molar-refractivity contribution is -0.121. The van der Waals surface area contributed by atoms with Crippen molar-refractivity contribution >= 4 is 29.0 Å². The molecule has 0 aromatic carbocycles. The van der Waals surface area contributed by atoms with E-state index in [4.69, 9.17) is 11.6 Å². The topological polar surface area (TPSA) is 58.1 Å². The monoisotopic (exact) mass is 248 g/mol. The maximum Gasteiger partial charge on any atom is 0.233 e. The number of nitrogens with zero attached hydrogens (tertiary/aromatic N) is 3. The average molecular weight is 249 g/mol. The number of aromatic nitrogens is 2. The minimum Gasteiger partial charge on any atom is -0.358 e. The molecule has 1 heterocycles. The molecule has 0 saturated carbocycles. The van der Waals surface area contributed by atoms with Crippen molar-refractivity contribution in [3.63, 3.8) is 0 Å². The zero-order chi connectivity index (χ0) is 11.3. The van der Waals surface area contributed by atoms with E-state index in [-0.39, 0.29) is 5.91 Å². The smallest absolute Gasteiger partial charge is 0.233 e. The SMILES string of the molecule is CCN(CC(=O)NC)Cc1nnsc1Cl.